The largest absolute Gasteiger partial charge is 0.325 e. The van der Waals surface area contributed by atoms with Crippen molar-refractivity contribution >= 4 is 44.9 Å². The van der Waals surface area contributed by atoms with E-state index in [1.165, 1.54) is 33.7 Å². The average Bonchev–Trinajstić information content (AvgIpc) is 3.04. The number of thioether (sulfide) groups is 1. The van der Waals surface area contributed by atoms with E-state index in [1.54, 1.807) is 39.1 Å². The fourth-order valence-electron chi connectivity index (χ4n) is 2.21. The van der Waals surface area contributed by atoms with Crippen molar-refractivity contribution in [3.63, 3.8) is 0 Å². The molecule has 0 spiro atoms. The highest BCUT2D eigenvalue weighted by Gasteiger charge is 2.19. The van der Waals surface area contributed by atoms with E-state index in [1.807, 2.05) is 5.38 Å². The molecule has 3 rings (SSSR count). The van der Waals surface area contributed by atoms with Gasteiger partial charge in [-0.1, -0.05) is 17.8 Å². The Morgan fingerprint density at radius 3 is 2.88 bits per heavy atom. The average molecular weight is 377 g/mol. The Morgan fingerprint density at radius 1 is 1.40 bits per heavy atom. The maximum absolute atomic E-state index is 13.6. The van der Waals surface area contributed by atoms with Crippen LogP contribution in [0.15, 0.2) is 39.6 Å². The number of fused-ring (bicyclic) bond motifs is 1. The molecule has 2 heterocycles. The van der Waals surface area contributed by atoms with Gasteiger partial charge in [-0.05, 0) is 43.0 Å². The van der Waals surface area contributed by atoms with E-state index in [2.05, 4.69) is 10.3 Å². The second kappa shape index (κ2) is 6.97. The maximum Gasteiger partial charge on any atom is 0.262 e. The van der Waals surface area contributed by atoms with Crippen LogP contribution in [0.25, 0.3) is 10.2 Å². The first-order valence-electron chi connectivity index (χ1n) is 7.54. The molecule has 0 aliphatic heterocycles. The Bertz CT molecular complexity index is 1010. The predicted octanol–water partition coefficient (Wildman–Crippen LogP) is 3.56. The van der Waals surface area contributed by atoms with Crippen molar-refractivity contribution in [3.05, 3.63) is 51.4 Å². The molecule has 8 heteroatoms. The third kappa shape index (κ3) is 3.59. The van der Waals surface area contributed by atoms with Gasteiger partial charge in [-0.2, -0.15) is 0 Å². The van der Waals surface area contributed by atoms with Crippen LogP contribution >= 0.6 is 23.1 Å². The number of nitrogens with zero attached hydrogens (tertiary/aromatic N) is 2. The van der Waals surface area contributed by atoms with Crippen LogP contribution in [0, 0.1) is 12.7 Å². The summed E-state index contributed by atoms with van der Waals surface area (Å²) in [6, 6.07) is 6.29. The molecule has 5 nitrogen and oxygen atoms in total. The van der Waals surface area contributed by atoms with Crippen LogP contribution in [0.2, 0.25) is 0 Å². The Balaban J connectivity index is 1.78. The minimum atomic E-state index is -0.500. The van der Waals surface area contributed by atoms with E-state index < -0.39 is 5.25 Å². The van der Waals surface area contributed by atoms with Crippen LogP contribution in [0.1, 0.15) is 12.5 Å². The number of anilines is 1. The minimum Gasteiger partial charge on any atom is -0.325 e. The van der Waals surface area contributed by atoms with Gasteiger partial charge in [-0.15, -0.1) is 11.3 Å². The SMILES string of the molecule is Cc1ccc(NC(=O)C(C)Sc2nc3sccc3c(=O)n2C)cc1F. The predicted molar refractivity (Wildman–Crippen MR) is 99.9 cm³/mol. The number of rotatable bonds is 4. The van der Waals surface area contributed by atoms with Gasteiger partial charge in [0, 0.05) is 12.7 Å². The van der Waals surface area contributed by atoms with Gasteiger partial charge in [0.25, 0.3) is 5.56 Å². The zero-order valence-electron chi connectivity index (χ0n) is 13.9. The summed E-state index contributed by atoms with van der Waals surface area (Å²) >= 11 is 2.58. The molecular weight excluding hydrogens is 361 g/mol. The summed E-state index contributed by atoms with van der Waals surface area (Å²) in [6.07, 6.45) is 0. The van der Waals surface area contributed by atoms with Crippen LogP contribution < -0.4 is 10.9 Å². The van der Waals surface area contributed by atoms with Crippen molar-refractivity contribution in [3.8, 4) is 0 Å². The lowest BCUT2D eigenvalue weighted by Crippen LogP contribution is -2.25. The summed E-state index contributed by atoms with van der Waals surface area (Å²) in [5.41, 5.74) is 0.780. The number of hydrogen-bond donors (Lipinski definition) is 1. The Kier molecular flexibility index (Phi) is 4.91. The smallest absolute Gasteiger partial charge is 0.262 e. The standard InChI is InChI=1S/C17H16FN3O2S2/c1-9-4-5-11(8-13(9)18)19-14(22)10(2)25-17-20-15-12(6-7-24-15)16(23)21(17)3/h4-8,10H,1-3H3,(H,19,22). The van der Waals surface area contributed by atoms with Crippen LogP contribution in [-0.4, -0.2) is 20.7 Å². The van der Waals surface area contributed by atoms with Crippen molar-refractivity contribution in [1.82, 2.24) is 9.55 Å². The summed E-state index contributed by atoms with van der Waals surface area (Å²) in [5.74, 6) is -0.654. The highest BCUT2D eigenvalue weighted by Crippen LogP contribution is 2.25. The number of carbonyl (C=O) groups excluding carboxylic acids is 1. The van der Waals surface area contributed by atoms with Gasteiger partial charge >= 0.3 is 0 Å². The van der Waals surface area contributed by atoms with Crippen molar-refractivity contribution in [2.24, 2.45) is 7.05 Å². The molecule has 2 aromatic heterocycles. The van der Waals surface area contributed by atoms with Gasteiger partial charge in [0.15, 0.2) is 5.16 Å². The Labute approximate surface area is 151 Å². The number of thiophene rings is 1. The number of carbonyl (C=O) groups is 1. The molecule has 25 heavy (non-hydrogen) atoms. The van der Waals surface area contributed by atoms with Crippen LogP contribution in [0.4, 0.5) is 10.1 Å². The zero-order valence-corrected chi connectivity index (χ0v) is 15.5. The first kappa shape index (κ1) is 17.6. The summed E-state index contributed by atoms with van der Waals surface area (Å²) in [5, 5.41) is 5.04. The normalized spacial score (nSPS) is 12.3. The summed E-state index contributed by atoms with van der Waals surface area (Å²) in [7, 11) is 1.63. The first-order chi connectivity index (χ1) is 11.9. The molecule has 0 aliphatic rings. The number of hydrogen-bond acceptors (Lipinski definition) is 5. The summed E-state index contributed by atoms with van der Waals surface area (Å²) < 4.78 is 15.0. The van der Waals surface area contributed by atoms with Crippen molar-refractivity contribution in [2.75, 3.05) is 5.32 Å². The molecule has 0 saturated heterocycles. The first-order valence-corrected chi connectivity index (χ1v) is 9.30. The third-order valence-corrected chi connectivity index (χ3v) is 5.70. The van der Waals surface area contributed by atoms with E-state index in [0.717, 1.165) is 0 Å². The van der Waals surface area contributed by atoms with Crippen LogP contribution in [0.3, 0.4) is 0 Å². The Morgan fingerprint density at radius 2 is 2.16 bits per heavy atom. The monoisotopic (exact) mass is 377 g/mol. The van der Waals surface area contributed by atoms with Crippen LogP contribution in [-0.2, 0) is 11.8 Å². The lowest BCUT2D eigenvalue weighted by atomic mass is 10.2. The number of amides is 1. The molecule has 0 fully saturated rings. The topological polar surface area (TPSA) is 64.0 Å². The lowest BCUT2D eigenvalue weighted by molar-refractivity contribution is -0.115. The van der Waals surface area contributed by atoms with Gasteiger partial charge in [0.2, 0.25) is 5.91 Å². The van der Waals surface area contributed by atoms with E-state index in [-0.39, 0.29) is 17.3 Å². The van der Waals surface area contributed by atoms with Gasteiger partial charge in [0.05, 0.1) is 10.6 Å². The second-order valence-electron chi connectivity index (χ2n) is 5.61. The molecule has 0 aliphatic carbocycles. The molecule has 1 atom stereocenters. The molecule has 0 saturated carbocycles. The summed E-state index contributed by atoms with van der Waals surface area (Å²) in [4.78, 5) is 29.8. The zero-order chi connectivity index (χ0) is 18.1. The van der Waals surface area contributed by atoms with E-state index in [4.69, 9.17) is 0 Å². The number of aryl methyl sites for hydroxylation is 1. The maximum atomic E-state index is 13.6. The number of nitrogens with one attached hydrogen (secondary N) is 1. The number of halogens is 1. The lowest BCUT2D eigenvalue weighted by Gasteiger charge is -2.13. The molecule has 130 valence electrons. The molecule has 1 aromatic carbocycles. The van der Waals surface area contributed by atoms with Crippen LogP contribution in [0.5, 0.6) is 0 Å². The highest BCUT2D eigenvalue weighted by atomic mass is 32.2. The van der Waals surface area contributed by atoms with Crippen molar-refractivity contribution < 1.29 is 9.18 Å². The number of benzene rings is 1. The van der Waals surface area contributed by atoms with Gasteiger partial charge in [0.1, 0.15) is 10.6 Å². The fraction of sp³-hybridized carbons (Fsp3) is 0.235. The van der Waals surface area contributed by atoms with Gasteiger partial charge in [-0.25, -0.2) is 9.37 Å². The molecule has 1 N–H and O–H groups in total. The van der Waals surface area contributed by atoms with Crippen molar-refractivity contribution in [1.29, 1.82) is 0 Å². The molecule has 3 aromatic rings. The Hall–Kier alpha value is -2.19. The molecule has 0 radical (unpaired) electrons. The highest BCUT2D eigenvalue weighted by molar-refractivity contribution is 8.00. The van der Waals surface area contributed by atoms with E-state index >= 15 is 0 Å². The third-order valence-electron chi connectivity index (χ3n) is 3.75. The minimum absolute atomic E-state index is 0.137. The molecule has 0 bridgehead atoms. The van der Waals surface area contributed by atoms with Gasteiger partial charge in [-0.3, -0.25) is 14.2 Å². The number of aromatic nitrogens is 2. The fourth-order valence-corrected chi connectivity index (χ4v) is 3.89. The molecular formula is C17H16FN3O2S2. The molecule has 1 unspecified atom stereocenters. The molecule has 1 amide bonds. The van der Waals surface area contributed by atoms with Gasteiger partial charge < -0.3 is 5.32 Å². The van der Waals surface area contributed by atoms with E-state index in [9.17, 15) is 14.0 Å². The summed E-state index contributed by atoms with van der Waals surface area (Å²) in [6.45, 7) is 3.38. The van der Waals surface area contributed by atoms with E-state index in [0.29, 0.717) is 26.6 Å². The second-order valence-corrected chi connectivity index (χ2v) is 7.81. The quantitative estimate of drug-likeness (QED) is 0.558. The van der Waals surface area contributed by atoms with Crippen molar-refractivity contribution in [2.45, 2.75) is 24.3 Å².